The molecule has 0 aromatic heterocycles. The van der Waals surface area contributed by atoms with Gasteiger partial charge in [0.2, 0.25) is 11.8 Å². The zero-order chi connectivity index (χ0) is 22.8. The van der Waals surface area contributed by atoms with Crippen LogP contribution in [0, 0.1) is 12.7 Å². The van der Waals surface area contributed by atoms with Gasteiger partial charge < -0.3 is 10.2 Å². The Balaban J connectivity index is 2.15. The molecule has 2 aromatic carbocycles. The van der Waals surface area contributed by atoms with Gasteiger partial charge in [0.25, 0.3) is 0 Å². The minimum Gasteiger partial charge on any atom is -0.352 e. The van der Waals surface area contributed by atoms with Crippen molar-refractivity contribution in [2.45, 2.75) is 64.9 Å². The summed E-state index contributed by atoms with van der Waals surface area (Å²) in [5.41, 5.74) is 2.67. The van der Waals surface area contributed by atoms with Gasteiger partial charge in [-0.2, -0.15) is 0 Å². The van der Waals surface area contributed by atoms with Gasteiger partial charge in [0.15, 0.2) is 0 Å². The van der Waals surface area contributed by atoms with E-state index in [1.807, 2.05) is 52.0 Å². The fourth-order valence-electron chi connectivity index (χ4n) is 3.31. The number of nitrogens with one attached hydrogen (secondary N) is 1. The third-order valence-corrected chi connectivity index (χ3v) is 6.23. The summed E-state index contributed by atoms with van der Waals surface area (Å²) >= 11 is 1.37. The van der Waals surface area contributed by atoms with Crippen LogP contribution in [0.25, 0.3) is 0 Å². The van der Waals surface area contributed by atoms with Crippen LogP contribution in [0.5, 0.6) is 0 Å². The fraction of sp³-hybridized carbons (Fsp3) is 0.440. The van der Waals surface area contributed by atoms with Gasteiger partial charge in [-0.15, -0.1) is 11.8 Å². The Morgan fingerprint density at radius 3 is 2.48 bits per heavy atom. The van der Waals surface area contributed by atoms with Gasteiger partial charge in [-0.25, -0.2) is 4.39 Å². The van der Waals surface area contributed by atoms with E-state index in [1.54, 1.807) is 23.1 Å². The third-order valence-electron chi connectivity index (χ3n) is 5.26. The largest absolute Gasteiger partial charge is 0.352 e. The van der Waals surface area contributed by atoms with E-state index < -0.39 is 6.04 Å². The number of halogens is 1. The Hall–Kier alpha value is -2.34. The molecule has 0 spiro atoms. The molecular weight excluding hydrogens is 411 g/mol. The molecule has 0 aliphatic rings. The Morgan fingerprint density at radius 2 is 1.84 bits per heavy atom. The molecule has 0 bridgehead atoms. The zero-order valence-corrected chi connectivity index (χ0v) is 19.7. The van der Waals surface area contributed by atoms with Gasteiger partial charge in [-0.1, -0.05) is 61.9 Å². The number of carbonyl (C=O) groups is 2. The monoisotopic (exact) mass is 444 g/mol. The van der Waals surface area contributed by atoms with E-state index >= 15 is 0 Å². The highest BCUT2D eigenvalue weighted by Crippen LogP contribution is 2.19. The highest BCUT2D eigenvalue weighted by molar-refractivity contribution is 7.99. The maximum atomic E-state index is 13.9. The molecule has 0 saturated heterocycles. The van der Waals surface area contributed by atoms with Crippen molar-refractivity contribution in [1.82, 2.24) is 10.2 Å². The lowest BCUT2D eigenvalue weighted by Crippen LogP contribution is -2.51. The van der Waals surface area contributed by atoms with E-state index in [-0.39, 0.29) is 29.4 Å². The molecule has 2 aromatic rings. The molecule has 2 rings (SSSR count). The highest BCUT2D eigenvalue weighted by Gasteiger charge is 2.29. The van der Waals surface area contributed by atoms with Crippen molar-refractivity contribution >= 4 is 23.6 Å². The normalized spacial score (nSPS) is 12.8. The van der Waals surface area contributed by atoms with Crippen LogP contribution in [0.3, 0.4) is 0 Å². The Kier molecular flexibility index (Phi) is 10.0. The molecule has 0 aliphatic heterocycles. The first-order chi connectivity index (χ1) is 14.8. The number of rotatable bonds is 11. The van der Waals surface area contributed by atoms with Crippen molar-refractivity contribution in [3.05, 3.63) is 71.0 Å². The van der Waals surface area contributed by atoms with Gasteiger partial charge in [0.05, 0.1) is 5.75 Å². The van der Waals surface area contributed by atoms with Gasteiger partial charge in [-0.3, -0.25) is 9.59 Å². The highest BCUT2D eigenvalue weighted by atomic mass is 32.2. The molecule has 0 fully saturated rings. The fourth-order valence-corrected chi connectivity index (χ4v) is 4.21. The van der Waals surface area contributed by atoms with E-state index in [0.29, 0.717) is 24.3 Å². The SMILES string of the molecule is CC[C@H](C)NC(=O)[C@H](CC)N(Cc1cccc(C)c1)C(=O)CSCc1ccccc1F. The van der Waals surface area contributed by atoms with Crippen LogP contribution < -0.4 is 5.32 Å². The van der Waals surface area contributed by atoms with Crippen molar-refractivity contribution in [3.8, 4) is 0 Å². The van der Waals surface area contributed by atoms with Crippen molar-refractivity contribution in [1.29, 1.82) is 0 Å². The first kappa shape index (κ1) is 24.9. The van der Waals surface area contributed by atoms with Crippen LogP contribution in [-0.4, -0.2) is 34.6 Å². The summed E-state index contributed by atoms with van der Waals surface area (Å²) in [6.45, 7) is 8.27. The summed E-state index contributed by atoms with van der Waals surface area (Å²) in [6, 6.07) is 14.1. The quantitative estimate of drug-likeness (QED) is 0.525. The Bertz CT molecular complexity index is 874. The minimum atomic E-state index is -0.545. The summed E-state index contributed by atoms with van der Waals surface area (Å²) in [7, 11) is 0. The van der Waals surface area contributed by atoms with Gasteiger partial charge in [0, 0.05) is 18.3 Å². The van der Waals surface area contributed by atoms with Crippen LogP contribution in [0.1, 0.15) is 50.3 Å². The average Bonchev–Trinajstić information content (AvgIpc) is 2.74. The van der Waals surface area contributed by atoms with Gasteiger partial charge >= 0.3 is 0 Å². The van der Waals surface area contributed by atoms with E-state index in [0.717, 1.165) is 17.5 Å². The number of nitrogens with zero attached hydrogens (tertiary/aromatic N) is 1. The standard InChI is InChI=1S/C25H33FN2O2S/c1-5-19(4)27-25(30)23(6-2)28(15-20-11-9-10-18(3)14-20)24(29)17-31-16-21-12-7-8-13-22(21)26/h7-14,19,23H,5-6,15-17H2,1-4H3,(H,27,30)/t19-,23-/m0/s1. The van der Waals surface area contributed by atoms with Crippen molar-refractivity contribution in [2.24, 2.45) is 0 Å². The first-order valence-corrected chi connectivity index (χ1v) is 12.0. The van der Waals surface area contributed by atoms with E-state index in [1.165, 1.54) is 17.8 Å². The lowest BCUT2D eigenvalue weighted by molar-refractivity contribution is -0.139. The molecule has 6 heteroatoms. The average molecular weight is 445 g/mol. The number of hydrogen-bond acceptors (Lipinski definition) is 3. The Labute approximate surface area is 189 Å². The summed E-state index contributed by atoms with van der Waals surface area (Å²) in [5, 5.41) is 3.01. The maximum Gasteiger partial charge on any atom is 0.243 e. The van der Waals surface area contributed by atoms with Crippen LogP contribution in [-0.2, 0) is 21.9 Å². The second-order valence-corrected chi connectivity index (χ2v) is 8.82. The Morgan fingerprint density at radius 1 is 1.10 bits per heavy atom. The maximum absolute atomic E-state index is 13.9. The molecule has 2 amide bonds. The van der Waals surface area contributed by atoms with Crippen LogP contribution in [0.2, 0.25) is 0 Å². The molecule has 0 aliphatic carbocycles. The van der Waals surface area contributed by atoms with Crippen LogP contribution in [0.4, 0.5) is 4.39 Å². The van der Waals surface area contributed by atoms with E-state index in [9.17, 15) is 14.0 Å². The van der Waals surface area contributed by atoms with Crippen molar-refractivity contribution < 1.29 is 14.0 Å². The smallest absolute Gasteiger partial charge is 0.243 e. The van der Waals surface area contributed by atoms with Gasteiger partial charge in [0.1, 0.15) is 11.9 Å². The van der Waals surface area contributed by atoms with Crippen LogP contribution in [0.15, 0.2) is 48.5 Å². The summed E-state index contributed by atoms with van der Waals surface area (Å²) < 4.78 is 13.9. The number of hydrogen-bond donors (Lipinski definition) is 1. The zero-order valence-electron chi connectivity index (χ0n) is 18.9. The molecule has 0 saturated carbocycles. The number of aryl methyl sites for hydroxylation is 1. The lowest BCUT2D eigenvalue weighted by Gasteiger charge is -2.31. The molecular formula is C25H33FN2O2S. The van der Waals surface area contributed by atoms with E-state index in [4.69, 9.17) is 0 Å². The second kappa shape index (κ2) is 12.5. The topological polar surface area (TPSA) is 49.4 Å². The van der Waals surface area contributed by atoms with Gasteiger partial charge in [-0.05, 0) is 43.9 Å². The molecule has 1 N–H and O–H groups in total. The minimum absolute atomic E-state index is 0.0490. The second-order valence-electron chi connectivity index (χ2n) is 7.84. The molecule has 0 radical (unpaired) electrons. The van der Waals surface area contributed by atoms with Crippen molar-refractivity contribution in [2.75, 3.05) is 5.75 Å². The lowest BCUT2D eigenvalue weighted by atomic mass is 10.1. The molecule has 0 unspecified atom stereocenters. The molecule has 2 atom stereocenters. The molecule has 31 heavy (non-hydrogen) atoms. The number of thioether (sulfide) groups is 1. The number of benzene rings is 2. The first-order valence-electron chi connectivity index (χ1n) is 10.8. The van der Waals surface area contributed by atoms with Crippen LogP contribution >= 0.6 is 11.8 Å². The van der Waals surface area contributed by atoms with Crippen molar-refractivity contribution in [3.63, 3.8) is 0 Å². The predicted molar refractivity (Wildman–Crippen MR) is 126 cm³/mol. The molecule has 168 valence electrons. The molecule has 4 nitrogen and oxygen atoms in total. The summed E-state index contributed by atoms with van der Waals surface area (Å²) in [4.78, 5) is 27.8. The summed E-state index contributed by atoms with van der Waals surface area (Å²) in [5.74, 6) is 0.0872. The number of amides is 2. The summed E-state index contributed by atoms with van der Waals surface area (Å²) in [6.07, 6.45) is 1.35. The van der Waals surface area contributed by atoms with E-state index in [2.05, 4.69) is 5.32 Å². The molecule has 0 heterocycles. The predicted octanol–water partition coefficient (Wildman–Crippen LogP) is 5.09. The number of carbonyl (C=O) groups excluding carboxylic acids is 2. The third kappa shape index (κ3) is 7.69.